The van der Waals surface area contributed by atoms with Crippen molar-refractivity contribution in [2.75, 3.05) is 6.61 Å². The maximum atomic E-state index is 13.5. The lowest BCUT2D eigenvalue weighted by molar-refractivity contribution is -0.180. The molecule has 4 aliphatic carbocycles. The number of aliphatic hydroxyl groups is 3. The van der Waals surface area contributed by atoms with E-state index in [2.05, 4.69) is 0 Å². The molecule has 0 heterocycles. The first kappa shape index (κ1) is 14.3. The van der Waals surface area contributed by atoms with Crippen molar-refractivity contribution in [3.8, 4) is 0 Å². The van der Waals surface area contributed by atoms with Gasteiger partial charge in [-0.3, -0.25) is 9.59 Å². The molecule has 0 unspecified atom stereocenters. The predicted molar refractivity (Wildman–Crippen MR) is 95.2 cm³/mol. The zero-order chi connectivity index (χ0) is 22.5. The molecule has 0 saturated heterocycles. The van der Waals surface area contributed by atoms with Crippen molar-refractivity contribution in [1.82, 2.24) is 0 Å². The lowest BCUT2D eigenvalue weighted by Gasteiger charge is -2.60. The van der Waals surface area contributed by atoms with E-state index in [9.17, 15) is 24.9 Å². The Hall–Kier alpha value is -0.780. The highest BCUT2D eigenvalue weighted by Gasteiger charge is 2.68. The van der Waals surface area contributed by atoms with Crippen LogP contribution in [0.15, 0.2) is 0 Å². The summed E-state index contributed by atoms with van der Waals surface area (Å²) < 4.78 is 33.6. The monoisotopic (exact) mass is 368 g/mol. The number of ketones is 2. The molecule has 0 aromatic carbocycles. The standard InChI is InChI=1S/C21H32O5/c1-19-7-5-13(23)9-12(19)3-4-14-15-6-8-21(26,17(25)11-22)20(15,2)10-16(24)18(14)19/h12-15,18,22-23,26H,3-11H2,1-2H3/t12-,13+,14+,15+,18-,19+,20+,21+/m1/s1/i5D2,9D2. The van der Waals surface area contributed by atoms with Crippen molar-refractivity contribution in [1.29, 1.82) is 0 Å². The van der Waals surface area contributed by atoms with Gasteiger partial charge in [0.1, 0.15) is 18.0 Å². The lowest BCUT2D eigenvalue weighted by atomic mass is 9.44. The first-order valence-electron chi connectivity index (χ1n) is 11.7. The fourth-order valence-electron chi connectivity index (χ4n) is 6.97. The van der Waals surface area contributed by atoms with Crippen molar-refractivity contribution >= 4 is 11.6 Å². The zero-order valence-corrected chi connectivity index (χ0v) is 15.5. The summed E-state index contributed by atoms with van der Waals surface area (Å²) in [5, 5.41) is 31.0. The van der Waals surface area contributed by atoms with Gasteiger partial charge in [0, 0.05) is 23.2 Å². The Bertz CT molecular complexity index is 787. The third-order valence-corrected chi connectivity index (χ3v) is 8.35. The van der Waals surface area contributed by atoms with E-state index in [1.807, 2.05) is 0 Å². The third-order valence-electron chi connectivity index (χ3n) is 8.35. The van der Waals surface area contributed by atoms with Crippen LogP contribution in [0.2, 0.25) is 0 Å². The van der Waals surface area contributed by atoms with Gasteiger partial charge in [-0.2, -0.15) is 0 Å². The second-order valence-electron chi connectivity index (χ2n) is 9.37. The number of carbonyl (C=O) groups is 2. The fraction of sp³-hybridized carbons (Fsp3) is 0.905. The third kappa shape index (κ3) is 2.20. The van der Waals surface area contributed by atoms with Gasteiger partial charge in [0.2, 0.25) is 0 Å². The SMILES string of the molecule is [2H]C1([2H])C[C@@]2(C)[C@H](CC[C@@H]3[C@@H]2C(=O)C[C@@]2(C)[C@H]3CC[C@]2(O)C(=O)CO)C([2H])([2H])[C@H]1O. The Morgan fingerprint density at radius 1 is 1.27 bits per heavy atom. The Morgan fingerprint density at radius 3 is 2.69 bits per heavy atom. The summed E-state index contributed by atoms with van der Waals surface area (Å²) in [6.45, 7) is 2.76. The minimum atomic E-state index is -2.15. The maximum Gasteiger partial charge on any atom is 0.190 e. The molecule has 0 amide bonds. The Morgan fingerprint density at radius 2 is 2.00 bits per heavy atom. The molecule has 5 nitrogen and oxygen atoms in total. The van der Waals surface area contributed by atoms with Crippen LogP contribution < -0.4 is 0 Å². The molecular weight excluding hydrogens is 332 g/mol. The summed E-state index contributed by atoms with van der Waals surface area (Å²) in [7, 11) is 0. The normalized spacial score (nSPS) is 59.7. The number of rotatable bonds is 2. The quantitative estimate of drug-likeness (QED) is 0.692. The van der Waals surface area contributed by atoms with Gasteiger partial charge in [-0.25, -0.2) is 0 Å². The fourth-order valence-corrected chi connectivity index (χ4v) is 6.97. The molecule has 3 N–H and O–H groups in total. The average molecular weight is 369 g/mol. The number of carbonyl (C=O) groups excluding carboxylic acids is 2. The van der Waals surface area contributed by atoms with Gasteiger partial charge in [-0.15, -0.1) is 0 Å². The number of hydrogen-bond acceptors (Lipinski definition) is 5. The number of fused-ring (bicyclic) bond motifs is 5. The Kier molecular flexibility index (Phi) is 3.21. The molecule has 146 valence electrons. The van der Waals surface area contributed by atoms with E-state index in [-0.39, 0.29) is 36.9 Å². The van der Waals surface area contributed by atoms with Gasteiger partial charge < -0.3 is 15.3 Å². The van der Waals surface area contributed by atoms with Gasteiger partial charge in [0.15, 0.2) is 5.78 Å². The van der Waals surface area contributed by atoms with E-state index in [0.717, 1.165) is 0 Å². The first-order valence-corrected chi connectivity index (χ1v) is 9.74. The highest BCUT2D eigenvalue weighted by Crippen LogP contribution is 2.67. The van der Waals surface area contributed by atoms with E-state index in [1.54, 1.807) is 13.8 Å². The van der Waals surface area contributed by atoms with Crippen LogP contribution in [-0.2, 0) is 9.59 Å². The summed E-state index contributed by atoms with van der Waals surface area (Å²) >= 11 is 0. The van der Waals surface area contributed by atoms with Crippen LogP contribution in [0.3, 0.4) is 0 Å². The van der Waals surface area contributed by atoms with Crippen LogP contribution in [0.1, 0.15) is 70.6 Å². The van der Waals surface area contributed by atoms with E-state index < -0.39 is 59.5 Å². The molecule has 0 aromatic heterocycles. The molecule has 8 atom stereocenters. The zero-order valence-electron chi connectivity index (χ0n) is 19.5. The average Bonchev–Trinajstić information content (AvgIpc) is 2.90. The van der Waals surface area contributed by atoms with E-state index >= 15 is 0 Å². The number of Topliss-reactive ketones (excluding diaryl/α,β-unsaturated/α-hetero) is 2. The molecule has 5 heteroatoms. The minimum Gasteiger partial charge on any atom is -0.393 e. The molecule has 0 aliphatic heterocycles. The predicted octanol–water partition coefficient (Wildman–Crippen LogP) is 1.86. The lowest BCUT2D eigenvalue weighted by Crippen LogP contribution is -2.62. The van der Waals surface area contributed by atoms with Gasteiger partial charge in [0.25, 0.3) is 0 Å². The molecule has 0 radical (unpaired) electrons. The Labute approximate surface area is 160 Å². The number of aliphatic hydroxyl groups excluding tert-OH is 2. The highest BCUT2D eigenvalue weighted by atomic mass is 16.3. The van der Waals surface area contributed by atoms with E-state index in [0.29, 0.717) is 19.3 Å². The topological polar surface area (TPSA) is 94.8 Å². The second-order valence-corrected chi connectivity index (χ2v) is 9.37. The Balaban J connectivity index is 1.77. The highest BCUT2D eigenvalue weighted by molar-refractivity contribution is 5.92. The smallest absolute Gasteiger partial charge is 0.190 e. The van der Waals surface area contributed by atoms with Crippen molar-refractivity contribution in [2.45, 2.75) is 76.8 Å². The largest absolute Gasteiger partial charge is 0.393 e. The van der Waals surface area contributed by atoms with Crippen molar-refractivity contribution in [3.63, 3.8) is 0 Å². The van der Waals surface area contributed by atoms with Crippen molar-refractivity contribution in [2.24, 2.45) is 34.5 Å². The van der Waals surface area contributed by atoms with Crippen molar-refractivity contribution < 1.29 is 30.4 Å². The molecule has 4 aliphatic rings. The summed E-state index contributed by atoms with van der Waals surface area (Å²) in [6, 6.07) is 0. The van der Waals surface area contributed by atoms with Crippen LogP contribution in [-0.4, -0.2) is 45.2 Å². The van der Waals surface area contributed by atoms with Crippen LogP contribution in [0.25, 0.3) is 0 Å². The van der Waals surface area contributed by atoms with Gasteiger partial charge in [-0.05, 0) is 68.0 Å². The van der Waals surface area contributed by atoms with Crippen LogP contribution in [0.4, 0.5) is 0 Å². The van der Waals surface area contributed by atoms with Crippen LogP contribution >= 0.6 is 0 Å². The molecule has 26 heavy (non-hydrogen) atoms. The summed E-state index contributed by atoms with van der Waals surface area (Å²) in [4.78, 5) is 26.0. The van der Waals surface area contributed by atoms with Gasteiger partial charge in [-0.1, -0.05) is 13.8 Å². The van der Waals surface area contributed by atoms with E-state index in [1.165, 1.54) is 0 Å². The van der Waals surface area contributed by atoms with Crippen LogP contribution in [0, 0.1) is 34.5 Å². The summed E-state index contributed by atoms with van der Waals surface area (Å²) in [6.07, 6.45) is -4.51. The molecule has 4 rings (SSSR count). The summed E-state index contributed by atoms with van der Waals surface area (Å²) in [5.41, 5.74) is -3.69. The molecule has 0 aromatic rings. The first-order chi connectivity index (χ1) is 13.7. The second kappa shape index (κ2) is 5.86. The summed E-state index contributed by atoms with van der Waals surface area (Å²) in [5.74, 6) is -2.36. The maximum absolute atomic E-state index is 13.5. The number of hydrogen-bond donors (Lipinski definition) is 3. The molecule has 4 saturated carbocycles. The molecule has 4 fully saturated rings. The van der Waals surface area contributed by atoms with Crippen LogP contribution in [0.5, 0.6) is 0 Å². The van der Waals surface area contributed by atoms with Gasteiger partial charge >= 0.3 is 0 Å². The molecule has 0 bridgehead atoms. The molecular formula is C21H32O5. The van der Waals surface area contributed by atoms with Crippen molar-refractivity contribution in [3.05, 3.63) is 0 Å². The molecule has 0 spiro atoms. The van der Waals surface area contributed by atoms with Gasteiger partial charge in [0.05, 0.1) is 6.10 Å². The van der Waals surface area contributed by atoms with E-state index in [4.69, 9.17) is 5.48 Å². The minimum absolute atomic E-state index is 0.0437.